The molecule has 1 saturated heterocycles. The Morgan fingerprint density at radius 2 is 1.97 bits per heavy atom. The molecule has 0 unspecified atom stereocenters. The molecule has 10 nitrogen and oxygen atoms in total. The number of aromatic nitrogens is 4. The molecule has 4 rings (SSSR count). The number of carbonyl (C=O) groups is 1. The van der Waals surface area contributed by atoms with Crippen LogP contribution in [-0.2, 0) is 11.3 Å². The zero-order valence-corrected chi connectivity index (χ0v) is 17.9. The van der Waals surface area contributed by atoms with E-state index in [0.717, 1.165) is 11.1 Å². The number of amides is 1. The van der Waals surface area contributed by atoms with Crippen LogP contribution in [0.4, 0.5) is 22.2 Å². The molecular formula is C21H27N7O3. The summed E-state index contributed by atoms with van der Waals surface area (Å²) >= 11 is 0. The summed E-state index contributed by atoms with van der Waals surface area (Å²) < 4.78 is 5.45. The SMILES string of the molecule is CC(C)(C)OC(=O)N1CCN(c2ccc(Nc3ncc4cc(CO)[nH]c4n3)nc2)CC1. The summed E-state index contributed by atoms with van der Waals surface area (Å²) in [7, 11) is 0. The summed E-state index contributed by atoms with van der Waals surface area (Å²) in [6.07, 6.45) is 3.22. The van der Waals surface area contributed by atoms with Crippen molar-refractivity contribution in [3.05, 3.63) is 36.3 Å². The maximum absolute atomic E-state index is 12.2. The van der Waals surface area contributed by atoms with Crippen LogP contribution in [0.15, 0.2) is 30.6 Å². The Hall–Kier alpha value is -3.40. The van der Waals surface area contributed by atoms with E-state index in [-0.39, 0.29) is 12.7 Å². The van der Waals surface area contributed by atoms with Gasteiger partial charge >= 0.3 is 6.09 Å². The summed E-state index contributed by atoms with van der Waals surface area (Å²) in [6, 6.07) is 5.67. The van der Waals surface area contributed by atoms with E-state index in [1.165, 1.54) is 0 Å². The molecule has 0 aromatic carbocycles. The Balaban J connectivity index is 1.35. The lowest BCUT2D eigenvalue weighted by molar-refractivity contribution is 0.0240. The van der Waals surface area contributed by atoms with Gasteiger partial charge in [-0.25, -0.2) is 14.8 Å². The van der Waals surface area contributed by atoms with Crippen molar-refractivity contribution in [1.82, 2.24) is 24.8 Å². The molecule has 0 bridgehead atoms. The molecule has 1 aliphatic rings. The van der Waals surface area contributed by atoms with Crippen molar-refractivity contribution in [3.63, 3.8) is 0 Å². The Morgan fingerprint density at radius 1 is 1.19 bits per heavy atom. The van der Waals surface area contributed by atoms with Gasteiger partial charge in [-0.05, 0) is 39.0 Å². The summed E-state index contributed by atoms with van der Waals surface area (Å²) in [6.45, 7) is 8.18. The number of aliphatic hydroxyl groups is 1. The van der Waals surface area contributed by atoms with Crippen LogP contribution in [0.1, 0.15) is 26.5 Å². The zero-order valence-electron chi connectivity index (χ0n) is 17.9. The van der Waals surface area contributed by atoms with E-state index in [2.05, 4.69) is 30.2 Å². The number of ether oxygens (including phenoxy) is 1. The van der Waals surface area contributed by atoms with E-state index in [9.17, 15) is 9.90 Å². The molecule has 0 atom stereocenters. The fourth-order valence-electron chi connectivity index (χ4n) is 3.35. The zero-order chi connectivity index (χ0) is 22.0. The average Bonchev–Trinajstić information content (AvgIpc) is 3.16. The standard InChI is InChI=1S/C21H27N7O3/c1-21(2,3)31-20(30)28-8-6-27(7-9-28)16-4-5-17(22-12-16)25-19-23-11-14-10-15(13-29)24-18(14)26-19/h4-5,10-12,29H,6-9,13H2,1-3H3,(H2,22,23,24,25,26). The van der Waals surface area contributed by atoms with Gasteiger partial charge < -0.3 is 29.9 Å². The first-order valence-electron chi connectivity index (χ1n) is 10.2. The fourth-order valence-corrected chi connectivity index (χ4v) is 3.35. The molecular weight excluding hydrogens is 398 g/mol. The molecule has 10 heteroatoms. The largest absolute Gasteiger partial charge is 0.444 e. The predicted octanol–water partition coefficient (Wildman–Crippen LogP) is 2.65. The van der Waals surface area contributed by atoms with Gasteiger partial charge in [-0.2, -0.15) is 4.98 Å². The first-order chi connectivity index (χ1) is 14.8. The van der Waals surface area contributed by atoms with E-state index in [0.29, 0.717) is 49.3 Å². The van der Waals surface area contributed by atoms with Crippen LogP contribution < -0.4 is 10.2 Å². The second-order valence-electron chi connectivity index (χ2n) is 8.43. The van der Waals surface area contributed by atoms with E-state index in [4.69, 9.17) is 4.74 Å². The number of rotatable bonds is 4. The van der Waals surface area contributed by atoms with Crippen LogP contribution in [0.5, 0.6) is 0 Å². The van der Waals surface area contributed by atoms with Gasteiger partial charge in [0.1, 0.15) is 17.1 Å². The number of anilines is 3. The highest BCUT2D eigenvalue weighted by molar-refractivity contribution is 5.77. The van der Waals surface area contributed by atoms with Crippen molar-refractivity contribution >= 4 is 34.6 Å². The van der Waals surface area contributed by atoms with Crippen molar-refractivity contribution in [3.8, 4) is 0 Å². The lowest BCUT2D eigenvalue weighted by Gasteiger charge is -2.36. The van der Waals surface area contributed by atoms with Crippen LogP contribution >= 0.6 is 0 Å². The minimum atomic E-state index is -0.489. The summed E-state index contributed by atoms with van der Waals surface area (Å²) in [5.41, 5.74) is 1.84. The molecule has 0 aliphatic carbocycles. The minimum Gasteiger partial charge on any atom is -0.444 e. The number of pyridine rings is 1. The molecule has 3 aromatic rings. The van der Waals surface area contributed by atoms with Gasteiger partial charge in [-0.1, -0.05) is 0 Å². The van der Waals surface area contributed by atoms with Gasteiger partial charge in [0.05, 0.1) is 18.5 Å². The van der Waals surface area contributed by atoms with Crippen molar-refractivity contribution in [1.29, 1.82) is 0 Å². The van der Waals surface area contributed by atoms with Gasteiger partial charge in [0, 0.05) is 43.5 Å². The van der Waals surface area contributed by atoms with Crippen LogP contribution in [0.2, 0.25) is 0 Å². The van der Waals surface area contributed by atoms with Gasteiger partial charge in [-0.3, -0.25) is 0 Å². The predicted molar refractivity (Wildman–Crippen MR) is 117 cm³/mol. The second-order valence-corrected chi connectivity index (χ2v) is 8.43. The van der Waals surface area contributed by atoms with Crippen molar-refractivity contribution in [2.45, 2.75) is 33.0 Å². The maximum atomic E-state index is 12.2. The van der Waals surface area contributed by atoms with Crippen molar-refractivity contribution in [2.24, 2.45) is 0 Å². The van der Waals surface area contributed by atoms with E-state index in [1.807, 2.05) is 39.0 Å². The third-order valence-electron chi connectivity index (χ3n) is 4.88. The number of H-pyrrole nitrogens is 1. The van der Waals surface area contributed by atoms with E-state index < -0.39 is 5.60 Å². The molecule has 1 aliphatic heterocycles. The van der Waals surface area contributed by atoms with Crippen LogP contribution in [0.25, 0.3) is 11.0 Å². The molecule has 0 radical (unpaired) electrons. The number of nitrogens with one attached hydrogen (secondary N) is 2. The maximum Gasteiger partial charge on any atom is 0.410 e. The van der Waals surface area contributed by atoms with Crippen molar-refractivity contribution in [2.75, 3.05) is 36.4 Å². The highest BCUT2D eigenvalue weighted by Crippen LogP contribution is 2.21. The van der Waals surface area contributed by atoms with Crippen molar-refractivity contribution < 1.29 is 14.6 Å². The molecule has 4 heterocycles. The Labute approximate surface area is 180 Å². The minimum absolute atomic E-state index is 0.0752. The lowest BCUT2D eigenvalue weighted by Crippen LogP contribution is -2.50. The Bertz CT molecular complexity index is 1050. The monoisotopic (exact) mass is 425 g/mol. The van der Waals surface area contributed by atoms with E-state index >= 15 is 0 Å². The Kier molecular flexibility index (Phi) is 5.64. The van der Waals surface area contributed by atoms with Crippen LogP contribution in [0.3, 0.4) is 0 Å². The third kappa shape index (κ3) is 5.02. The topological polar surface area (TPSA) is 120 Å². The quantitative estimate of drug-likeness (QED) is 0.584. The lowest BCUT2D eigenvalue weighted by atomic mass is 10.2. The second kappa shape index (κ2) is 8.38. The first kappa shape index (κ1) is 20.9. The van der Waals surface area contributed by atoms with E-state index in [1.54, 1.807) is 17.3 Å². The highest BCUT2D eigenvalue weighted by Gasteiger charge is 2.26. The molecule has 1 fully saturated rings. The number of fused-ring (bicyclic) bond motifs is 1. The number of hydrogen-bond acceptors (Lipinski definition) is 8. The number of nitrogens with zero attached hydrogens (tertiary/aromatic N) is 5. The van der Waals surface area contributed by atoms with Crippen LogP contribution in [0, 0.1) is 0 Å². The molecule has 1 amide bonds. The summed E-state index contributed by atoms with van der Waals surface area (Å²) in [5.74, 6) is 1.05. The number of hydrogen-bond donors (Lipinski definition) is 3. The smallest absolute Gasteiger partial charge is 0.410 e. The molecule has 0 spiro atoms. The normalized spacial score (nSPS) is 14.7. The number of piperazine rings is 1. The number of carbonyl (C=O) groups excluding carboxylic acids is 1. The number of aliphatic hydroxyl groups excluding tert-OH is 1. The number of aromatic amines is 1. The van der Waals surface area contributed by atoms with Gasteiger partial charge in [0.2, 0.25) is 5.95 Å². The van der Waals surface area contributed by atoms with Gasteiger partial charge in [0.15, 0.2) is 0 Å². The third-order valence-corrected chi connectivity index (χ3v) is 4.88. The first-order valence-corrected chi connectivity index (χ1v) is 10.2. The molecule has 31 heavy (non-hydrogen) atoms. The average molecular weight is 425 g/mol. The van der Waals surface area contributed by atoms with Gasteiger partial charge in [-0.15, -0.1) is 0 Å². The fraction of sp³-hybridized carbons (Fsp3) is 0.429. The molecule has 164 valence electrons. The summed E-state index contributed by atoms with van der Waals surface area (Å²) in [4.78, 5) is 32.3. The van der Waals surface area contributed by atoms with Gasteiger partial charge in [0.25, 0.3) is 0 Å². The Morgan fingerprint density at radius 3 is 2.61 bits per heavy atom. The molecule has 3 aromatic heterocycles. The highest BCUT2D eigenvalue weighted by atomic mass is 16.6. The molecule has 3 N–H and O–H groups in total. The van der Waals surface area contributed by atoms with Crippen LogP contribution in [-0.4, -0.2) is 67.8 Å². The summed E-state index contributed by atoms with van der Waals surface area (Å²) in [5, 5.41) is 13.2. The molecule has 0 saturated carbocycles.